The Bertz CT molecular complexity index is 272. The summed E-state index contributed by atoms with van der Waals surface area (Å²) in [6.07, 6.45) is 4.83. The highest BCUT2D eigenvalue weighted by atomic mass is 79.9. The highest BCUT2D eigenvalue weighted by molar-refractivity contribution is 5.09. The van der Waals surface area contributed by atoms with Crippen LogP contribution < -0.4 is 21.5 Å². The predicted octanol–water partition coefficient (Wildman–Crippen LogP) is -3.20. The molecule has 0 N–H and O–H groups in total. The van der Waals surface area contributed by atoms with Crippen molar-refractivity contribution in [2.45, 2.75) is 6.54 Å². The van der Waals surface area contributed by atoms with E-state index in [1.165, 1.54) is 4.68 Å². The highest BCUT2D eigenvalue weighted by Gasteiger charge is 1.98. The fraction of sp³-hybridized carbons (Fsp3) is 0.167. The SMILES string of the molecule is C=Cn1c[n+](CC#N)cn1.[Br-]. The summed E-state index contributed by atoms with van der Waals surface area (Å²) in [6.45, 7) is 3.84. The van der Waals surface area contributed by atoms with E-state index in [0.29, 0.717) is 6.54 Å². The lowest BCUT2D eigenvalue weighted by molar-refractivity contribution is -0.685. The summed E-state index contributed by atoms with van der Waals surface area (Å²) < 4.78 is 3.21. The normalized spacial score (nSPS) is 7.91. The number of halogens is 1. The molecule has 0 radical (unpaired) electrons. The largest absolute Gasteiger partial charge is 1.00 e. The average molecular weight is 215 g/mol. The summed E-state index contributed by atoms with van der Waals surface area (Å²) in [7, 11) is 0. The van der Waals surface area contributed by atoms with E-state index in [-0.39, 0.29) is 17.0 Å². The van der Waals surface area contributed by atoms with Gasteiger partial charge >= 0.3 is 0 Å². The minimum atomic E-state index is 0. The van der Waals surface area contributed by atoms with Crippen LogP contribution in [0.25, 0.3) is 6.20 Å². The zero-order valence-electron chi connectivity index (χ0n) is 5.81. The summed E-state index contributed by atoms with van der Waals surface area (Å²) in [4.78, 5) is 0. The van der Waals surface area contributed by atoms with E-state index in [1.54, 1.807) is 23.4 Å². The molecule has 0 bridgehead atoms. The van der Waals surface area contributed by atoms with Crippen LogP contribution in [0, 0.1) is 11.3 Å². The van der Waals surface area contributed by atoms with Crippen LogP contribution in [0.5, 0.6) is 0 Å². The standard InChI is InChI=1S/C6H7N4.BrH/c1-2-10-6-9(4-3-7)5-8-10;/h2,5-6H,1,4H2;1H/q+1;/p-1. The van der Waals surface area contributed by atoms with Gasteiger partial charge < -0.3 is 17.0 Å². The van der Waals surface area contributed by atoms with Gasteiger partial charge in [0.2, 0.25) is 6.33 Å². The lowest BCUT2D eigenvalue weighted by atomic mass is 10.7. The number of rotatable bonds is 2. The quantitative estimate of drug-likeness (QED) is 0.488. The van der Waals surface area contributed by atoms with Gasteiger partial charge in [-0.1, -0.05) is 11.3 Å². The molecule has 0 atom stereocenters. The first-order valence-electron chi connectivity index (χ1n) is 2.79. The van der Waals surface area contributed by atoms with Crippen LogP contribution in [0.4, 0.5) is 0 Å². The maximum absolute atomic E-state index is 8.27. The molecule has 1 rings (SSSR count). The fourth-order valence-electron chi connectivity index (χ4n) is 0.595. The number of hydrogen-bond acceptors (Lipinski definition) is 2. The maximum atomic E-state index is 8.27. The third-order valence-electron chi connectivity index (χ3n) is 1.04. The van der Waals surface area contributed by atoms with Gasteiger partial charge in [0.1, 0.15) is 6.07 Å². The molecule has 1 aromatic heterocycles. The number of nitrogens with zero attached hydrogens (tertiary/aromatic N) is 4. The zero-order chi connectivity index (χ0) is 7.40. The molecule has 58 valence electrons. The highest BCUT2D eigenvalue weighted by Crippen LogP contribution is 1.75. The lowest BCUT2D eigenvalue weighted by Crippen LogP contribution is -3.00. The van der Waals surface area contributed by atoms with E-state index in [1.807, 2.05) is 6.07 Å². The van der Waals surface area contributed by atoms with Gasteiger partial charge in [0, 0.05) is 5.10 Å². The van der Waals surface area contributed by atoms with Crippen molar-refractivity contribution in [3.63, 3.8) is 0 Å². The van der Waals surface area contributed by atoms with E-state index in [9.17, 15) is 0 Å². The molecule has 0 saturated carbocycles. The first-order chi connectivity index (χ1) is 4.86. The Morgan fingerprint density at radius 2 is 2.55 bits per heavy atom. The lowest BCUT2D eigenvalue weighted by Gasteiger charge is -1.78. The Kier molecular flexibility index (Phi) is 4.15. The summed E-state index contributed by atoms with van der Waals surface area (Å²) in [5.74, 6) is 0. The van der Waals surface area contributed by atoms with Gasteiger partial charge in [-0.05, 0) is 0 Å². The molecule has 11 heavy (non-hydrogen) atoms. The zero-order valence-corrected chi connectivity index (χ0v) is 7.40. The topological polar surface area (TPSA) is 45.5 Å². The summed E-state index contributed by atoms with van der Waals surface area (Å²) in [5.41, 5.74) is 0. The van der Waals surface area contributed by atoms with Gasteiger partial charge in [0.25, 0.3) is 6.33 Å². The fourth-order valence-corrected chi connectivity index (χ4v) is 0.595. The number of aromatic nitrogens is 3. The molecule has 0 aliphatic rings. The number of nitriles is 1. The molecule has 0 aliphatic carbocycles. The third kappa shape index (κ3) is 2.51. The van der Waals surface area contributed by atoms with Crippen molar-refractivity contribution in [3.05, 3.63) is 19.2 Å². The smallest absolute Gasteiger partial charge is 0.266 e. The van der Waals surface area contributed by atoms with Crippen LogP contribution >= 0.6 is 0 Å². The van der Waals surface area contributed by atoms with Crippen molar-refractivity contribution in [2.24, 2.45) is 0 Å². The number of hydrogen-bond donors (Lipinski definition) is 0. The van der Waals surface area contributed by atoms with E-state index in [2.05, 4.69) is 11.7 Å². The van der Waals surface area contributed by atoms with Crippen LogP contribution in [-0.2, 0) is 6.54 Å². The molecule has 0 spiro atoms. The van der Waals surface area contributed by atoms with E-state index in [0.717, 1.165) is 0 Å². The predicted molar refractivity (Wildman–Crippen MR) is 34.4 cm³/mol. The first kappa shape index (κ1) is 9.85. The molecule has 5 heteroatoms. The Hall–Kier alpha value is -1.15. The van der Waals surface area contributed by atoms with Crippen molar-refractivity contribution in [1.82, 2.24) is 9.78 Å². The van der Waals surface area contributed by atoms with Crippen molar-refractivity contribution >= 4 is 6.20 Å². The molecule has 0 saturated heterocycles. The first-order valence-corrected chi connectivity index (χ1v) is 2.79. The van der Waals surface area contributed by atoms with Crippen molar-refractivity contribution in [1.29, 1.82) is 5.26 Å². The molecule has 0 aliphatic heterocycles. The Labute approximate surface area is 75.1 Å². The molecular weight excluding hydrogens is 208 g/mol. The second-order valence-corrected chi connectivity index (χ2v) is 1.74. The molecule has 1 aromatic rings. The van der Waals surface area contributed by atoms with Gasteiger partial charge in [-0.3, -0.25) is 0 Å². The molecule has 0 unspecified atom stereocenters. The summed E-state index contributed by atoms with van der Waals surface area (Å²) in [5, 5.41) is 12.1. The van der Waals surface area contributed by atoms with Gasteiger partial charge in [-0.2, -0.15) is 5.26 Å². The Balaban J connectivity index is 0.000001000. The minimum Gasteiger partial charge on any atom is -1.00 e. The molecule has 4 nitrogen and oxygen atoms in total. The van der Waals surface area contributed by atoms with E-state index < -0.39 is 0 Å². The monoisotopic (exact) mass is 214 g/mol. The van der Waals surface area contributed by atoms with Crippen molar-refractivity contribution < 1.29 is 21.5 Å². The van der Waals surface area contributed by atoms with E-state index >= 15 is 0 Å². The molecule has 1 heterocycles. The van der Waals surface area contributed by atoms with Crippen LogP contribution in [0.3, 0.4) is 0 Å². The summed E-state index contributed by atoms with van der Waals surface area (Å²) >= 11 is 0. The van der Waals surface area contributed by atoms with Crippen molar-refractivity contribution in [2.75, 3.05) is 0 Å². The van der Waals surface area contributed by atoms with Crippen LogP contribution in [0.1, 0.15) is 0 Å². The second-order valence-electron chi connectivity index (χ2n) is 1.74. The van der Waals surface area contributed by atoms with Gasteiger partial charge in [-0.25, -0.2) is 4.57 Å². The van der Waals surface area contributed by atoms with Gasteiger partial charge in [-0.15, -0.1) is 0 Å². The van der Waals surface area contributed by atoms with Gasteiger partial charge in [0.05, 0.1) is 6.20 Å². The second kappa shape index (κ2) is 4.63. The van der Waals surface area contributed by atoms with Crippen LogP contribution in [0.15, 0.2) is 19.2 Å². The Morgan fingerprint density at radius 3 is 3.00 bits per heavy atom. The minimum absolute atomic E-state index is 0. The van der Waals surface area contributed by atoms with Crippen molar-refractivity contribution in [3.8, 4) is 6.07 Å². The molecule has 0 amide bonds. The van der Waals surface area contributed by atoms with Crippen LogP contribution in [-0.4, -0.2) is 9.78 Å². The third-order valence-corrected chi connectivity index (χ3v) is 1.04. The van der Waals surface area contributed by atoms with Crippen LogP contribution in [0.2, 0.25) is 0 Å². The summed E-state index contributed by atoms with van der Waals surface area (Å²) in [6, 6.07) is 2.00. The average Bonchev–Trinajstić information content (AvgIpc) is 2.37. The van der Waals surface area contributed by atoms with Gasteiger partial charge in [0.15, 0.2) is 6.54 Å². The molecular formula is C6H7BrN4. The van der Waals surface area contributed by atoms with E-state index in [4.69, 9.17) is 5.26 Å². The molecule has 0 aromatic carbocycles. The molecule has 0 fully saturated rings. The maximum Gasteiger partial charge on any atom is 0.266 e. The Morgan fingerprint density at radius 1 is 1.82 bits per heavy atom.